The molecule has 0 fully saturated rings. The molecular weight excluding hydrogens is 477 g/mol. The summed E-state index contributed by atoms with van der Waals surface area (Å²) in [6.45, 7) is 4.45. The molecular formula is C24H21BrFN3O3. The number of aromatic nitrogens is 2. The van der Waals surface area contributed by atoms with Crippen LogP contribution in [0.2, 0.25) is 0 Å². The Kier molecular flexibility index (Phi) is 6.41. The quantitative estimate of drug-likeness (QED) is 0.346. The Bertz CT molecular complexity index is 1240. The number of furan rings is 1. The standard InChI is InChI=1S/C24H21BrFN3O3/c1-15-9-16(2)11-19(10-15)31-14-18-7-8-22(32-18)24(30)27-23-20(25)13-29(28-23)12-17-5-3-4-6-21(17)26/h3-11,13H,12,14H2,1-2H3,(H,27,28,30). The Morgan fingerprint density at radius 3 is 2.66 bits per heavy atom. The van der Waals surface area contributed by atoms with Crippen LogP contribution in [0, 0.1) is 19.7 Å². The maximum absolute atomic E-state index is 13.9. The fourth-order valence-corrected chi connectivity index (χ4v) is 3.70. The van der Waals surface area contributed by atoms with Crippen LogP contribution in [0.3, 0.4) is 0 Å². The molecule has 8 heteroatoms. The third-order valence-electron chi connectivity index (χ3n) is 4.70. The summed E-state index contributed by atoms with van der Waals surface area (Å²) in [4.78, 5) is 12.6. The summed E-state index contributed by atoms with van der Waals surface area (Å²) < 4.78 is 27.4. The highest BCUT2D eigenvalue weighted by molar-refractivity contribution is 9.10. The molecule has 0 unspecified atom stereocenters. The number of carbonyl (C=O) groups excluding carboxylic acids is 1. The van der Waals surface area contributed by atoms with Crippen LogP contribution in [0.25, 0.3) is 0 Å². The molecule has 6 nitrogen and oxygen atoms in total. The van der Waals surface area contributed by atoms with Crippen LogP contribution in [0.5, 0.6) is 5.75 Å². The Labute approximate surface area is 193 Å². The zero-order valence-corrected chi connectivity index (χ0v) is 19.1. The van der Waals surface area contributed by atoms with Crippen molar-refractivity contribution < 1.29 is 18.3 Å². The predicted octanol–water partition coefficient (Wildman–Crippen LogP) is 5.87. The summed E-state index contributed by atoms with van der Waals surface area (Å²) in [6.07, 6.45) is 1.67. The fourth-order valence-electron chi connectivity index (χ4n) is 3.28. The van der Waals surface area contributed by atoms with Crippen LogP contribution in [0.4, 0.5) is 10.2 Å². The van der Waals surface area contributed by atoms with Gasteiger partial charge in [0.25, 0.3) is 5.91 Å². The lowest BCUT2D eigenvalue weighted by Gasteiger charge is -2.06. The van der Waals surface area contributed by atoms with Gasteiger partial charge in [0.2, 0.25) is 0 Å². The van der Waals surface area contributed by atoms with Crippen LogP contribution in [0.1, 0.15) is 33.0 Å². The fraction of sp³-hybridized carbons (Fsp3) is 0.167. The molecule has 2 heterocycles. The first kappa shape index (κ1) is 21.8. The van der Waals surface area contributed by atoms with E-state index >= 15 is 0 Å². The van der Waals surface area contributed by atoms with E-state index < -0.39 is 5.91 Å². The number of amides is 1. The van der Waals surface area contributed by atoms with E-state index in [1.54, 1.807) is 41.2 Å². The Hall–Kier alpha value is -3.39. The van der Waals surface area contributed by atoms with E-state index in [2.05, 4.69) is 32.4 Å². The monoisotopic (exact) mass is 497 g/mol. The molecule has 4 aromatic rings. The lowest BCUT2D eigenvalue weighted by molar-refractivity contribution is 0.0992. The van der Waals surface area contributed by atoms with Crippen molar-refractivity contribution in [2.75, 3.05) is 5.32 Å². The van der Waals surface area contributed by atoms with Crippen molar-refractivity contribution in [2.45, 2.75) is 27.0 Å². The molecule has 0 saturated heterocycles. The van der Waals surface area contributed by atoms with E-state index in [0.29, 0.717) is 21.6 Å². The molecule has 164 valence electrons. The van der Waals surface area contributed by atoms with Gasteiger partial charge in [-0.2, -0.15) is 5.10 Å². The van der Waals surface area contributed by atoms with Gasteiger partial charge in [-0.1, -0.05) is 24.3 Å². The maximum Gasteiger partial charge on any atom is 0.292 e. The van der Waals surface area contributed by atoms with E-state index in [-0.39, 0.29) is 24.7 Å². The van der Waals surface area contributed by atoms with E-state index in [0.717, 1.165) is 16.9 Å². The first-order valence-electron chi connectivity index (χ1n) is 9.95. The summed E-state index contributed by atoms with van der Waals surface area (Å²) in [5.41, 5.74) is 2.72. The van der Waals surface area contributed by atoms with Gasteiger partial charge < -0.3 is 14.5 Å². The van der Waals surface area contributed by atoms with Crippen molar-refractivity contribution in [2.24, 2.45) is 0 Å². The topological polar surface area (TPSA) is 69.3 Å². The zero-order valence-electron chi connectivity index (χ0n) is 17.6. The molecule has 0 aliphatic rings. The number of nitrogens with one attached hydrogen (secondary N) is 1. The van der Waals surface area contributed by atoms with Gasteiger partial charge in [-0.05, 0) is 71.2 Å². The molecule has 0 radical (unpaired) electrons. The summed E-state index contributed by atoms with van der Waals surface area (Å²) in [6, 6.07) is 15.7. The van der Waals surface area contributed by atoms with E-state index in [4.69, 9.17) is 9.15 Å². The highest BCUT2D eigenvalue weighted by Crippen LogP contribution is 2.23. The number of nitrogens with zero attached hydrogens (tertiary/aromatic N) is 2. The lowest BCUT2D eigenvalue weighted by atomic mass is 10.1. The minimum atomic E-state index is -0.445. The Morgan fingerprint density at radius 1 is 1.16 bits per heavy atom. The normalized spacial score (nSPS) is 10.9. The molecule has 1 amide bonds. The van der Waals surface area contributed by atoms with E-state index in [9.17, 15) is 9.18 Å². The van der Waals surface area contributed by atoms with Gasteiger partial charge in [0.15, 0.2) is 11.6 Å². The number of ether oxygens (including phenoxy) is 1. The van der Waals surface area contributed by atoms with E-state index in [1.165, 1.54) is 6.07 Å². The summed E-state index contributed by atoms with van der Waals surface area (Å²) in [5.74, 6) is 0.971. The molecule has 2 aromatic carbocycles. The second-order valence-electron chi connectivity index (χ2n) is 7.45. The largest absolute Gasteiger partial charge is 0.486 e. The minimum absolute atomic E-state index is 0.138. The number of benzene rings is 2. The minimum Gasteiger partial charge on any atom is -0.486 e. The first-order chi connectivity index (χ1) is 15.4. The molecule has 0 aliphatic carbocycles. The molecule has 1 N–H and O–H groups in total. The van der Waals surface area contributed by atoms with Crippen LogP contribution in [-0.4, -0.2) is 15.7 Å². The van der Waals surface area contributed by atoms with Gasteiger partial charge in [0.05, 0.1) is 11.0 Å². The number of anilines is 1. The van der Waals surface area contributed by atoms with Crippen LogP contribution >= 0.6 is 15.9 Å². The van der Waals surface area contributed by atoms with Crippen molar-refractivity contribution >= 4 is 27.7 Å². The third-order valence-corrected chi connectivity index (χ3v) is 5.28. The van der Waals surface area contributed by atoms with Crippen LogP contribution < -0.4 is 10.1 Å². The van der Waals surface area contributed by atoms with Crippen molar-refractivity contribution in [3.05, 3.63) is 99.3 Å². The van der Waals surface area contributed by atoms with Gasteiger partial charge in [0.1, 0.15) is 23.9 Å². The number of hydrogen-bond acceptors (Lipinski definition) is 4. The second kappa shape index (κ2) is 9.40. The van der Waals surface area contributed by atoms with Crippen molar-refractivity contribution in [1.82, 2.24) is 9.78 Å². The predicted molar refractivity (Wildman–Crippen MR) is 122 cm³/mol. The number of aryl methyl sites for hydroxylation is 2. The average Bonchev–Trinajstić information content (AvgIpc) is 3.34. The average molecular weight is 498 g/mol. The SMILES string of the molecule is Cc1cc(C)cc(OCc2ccc(C(=O)Nc3nn(Cc4ccccc4F)cc3Br)o2)c1. The molecule has 0 saturated carbocycles. The van der Waals surface area contributed by atoms with E-state index in [1.807, 2.05) is 26.0 Å². The highest BCUT2D eigenvalue weighted by atomic mass is 79.9. The van der Waals surface area contributed by atoms with Gasteiger partial charge in [0, 0.05) is 11.8 Å². The summed E-state index contributed by atoms with van der Waals surface area (Å²) >= 11 is 3.38. The smallest absolute Gasteiger partial charge is 0.292 e. The molecule has 0 atom stereocenters. The second-order valence-corrected chi connectivity index (χ2v) is 8.30. The van der Waals surface area contributed by atoms with Gasteiger partial charge in [-0.25, -0.2) is 4.39 Å². The van der Waals surface area contributed by atoms with Gasteiger partial charge in [-0.15, -0.1) is 0 Å². The number of rotatable bonds is 7. The van der Waals surface area contributed by atoms with Crippen LogP contribution in [0.15, 0.2) is 69.7 Å². The highest BCUT2D eigenvalue weighted by Gasteiger charge is 2.16. The first-order valence-corrected chi connectivity index (χ1v) is 10.7. The third kappa shape index (κ3) is 5.26. The van der Waals surface area contributed by atoms with Crippen molar-refractivity contribution in [1.29, 1.82) is 0 Å². The van der Waals surface area contributed by atoms with Crippen molar-refractivity contribution in [3.63, 3.8) is 0 Å². The Balaban J connectivity index is 1.39. The zero-order chi connectivity index (χ0) is 22.7. The maximum atomic E-state index is 13.9. The number of hydrogen-bond donors (Lipinski definition) is 1. The number of halogens is 2. The number of carbonyl (C=O) groups is 1. The van der Waals surface area contributed by atoms with Crippen LogP contribution in [-0.2, 0) is 13.2 Å². The molecule has 2 aromatic heterocycles. The lowest BCUT2D eigenvalue weighted by Crippen LogP contribution is -2.12. The molecule has 0 aliphatic heterocycles. The summed E-state index contributed by atoms with van der Waals surface area (Å²) in [7, 11) is 0. The van der Waals surface area contributed by atoms with Gasteiger partial charge in [-0.3, -0.25) is 9.48 Å². The van der Waals surface area contributed by atoms with Gasteiger partial charge >= 0.3 is 0 Å². The molecule has 32 heavy (non-hydrogen) atoms. The Morgan fingerprint density at radius 2 is 1.91 bits per heavy atom. The van der Waals surface area contributed by atoms with Crippen molar-refractivity contribution in [3.8, 4) is 5.75 Å². The molecule has 0 bridgehead atoms. The molecule has 0 spiro atoms. The molecule has 4 rings (SSSR count). The summed E-state index contributed by atoms with van der Waals surface area (Å²) in [5, 5.41) is 7.02.